The van der Waals surface area contributed by atoms with Gasteiger partial charge in [-0.15, -0.1) is 0 Å². The molecule has 2 atom stereocenters. The van der Waals surface area contributed by atoms with Crippen LogP contribution in [0.5, 0.6) is 0 Å². The van der Waals surface area contributed by atoms with Crippen molar-refractivity contribution in [2.24, 2.45) is 0 Å². The van der Waals surface area contributed by atoms with E-state index >= 15 is 0 Å². The molecule has 1 aromatic carbocycles. The van der Waals surface area contributed by atoms with Crippen LogP contribution in [0.2, 0.25) is 0 Å². The van der Waals surface area contributed by atoms with E-state index in [1.54, 1.807) is 4.90 Å². The van der Waals surface area contributed by atoms with Crippen LogP contribution in [0.3, 0.4) is 0 Å². The predicted molar refractivity (Wildman–Crippen MR) is 106 cm³/mol. The van der Waals surface area contributed by atoms with E-state index in [1.807, 2.05) is 13.8 Å². The second kappa shape index (κ2) is 9.23. The van der Waals surface area contributed by atoms with Gasteiger partial charge in [0.25, 0.3) is 5.91 Å². The molecule has 2 fully saturated rings. The molecule has 2 heterocycles. The molecule has 9 heteroatoms. The van der Waals surface area contributed by atoms with Gasteiger partial charge >= 0.3 is 5.97 Å². The van der Waals surface area contributed by atoms with Gasteiger partial charge in [0.15, 0.2) is 6.61 Å². The van der Waals surface area contributed by atoms with Crippen molar-refractivity contribution < 1.29 is 27.5 Å². The molecule has 0 radical (unpaired) electrons. The first kappa shape index (κ1) is 21.7. The van der Waals surface area contributed by atoms with Crippen molar-refractivity contribution >= 4 is 21.9 Å². The zero-order chi connectivity index (χ0) is 21.0. The number of sulfonamides is 1. The lowest BCUT2D eigenvalue weighted by atomic mass is 9.97. The normalized spacial score (nSPS) is 23.6. The lowest BCUT2D eigenvalue weighted by molar-refractivity contribution is -0.140. The Hall–Kier alpha value is -1.97. The number of piperidine rings is 1. The van der Waals surface area contributed by atoms with E-state index in [1.165, 1.54) is 28.6 Å². The SMILES string of the molecule is C[C@@H]1CCC[C@@H](C)N1C(=O)COC(=O)c1ccc(S(=O)(=O)N2CCOCC2)cc1. The van der Waals surface area contributed by atoms with Crippen molar-refractivity contribution in [3.8, 4) is 0 Å². The summed E-state index contributed by atoms with van der Waals surface area (Å²) in [6, 6.07) is 5.86. The van der Waals surface area contributed by atoms with Gasteiger partial charge < -0.3 is 14.4 Å². The molecule has 8 nitrogen and oxygen atoms in total. The number of ether oxygens (including phenoxy) is 2. The lowest BCUT2D eigenvalue weighted by Crippen LogP contribution is -2.49. The number of amides is 1. The van der Waals surface area contributed by atoms with Crippen molar-refractivity contribution in [2.75, 3.05) is 32.9 Å². The van der Waals surface area contributed by atoms with Crippen molar-refractivity contribution in [2.45, 2.75) is 50.1 Å². The average molecular weight is 425 g/mol. The van der Waals surface area contributed by atoms with Gasteiger partial charge in [-0.1, -0.05) is 0 Å². The van der Waals surface area contributed by atoms with Crippen LogP contribution in [0.25, 0.3) is 0 Å². The Labute approximate surface area is 171 Å². The Bertz CT molecular complexity index is 823. The number of hydrogen-bond acceptors (Lipinski definition) is 6. The maximum Gasteiger partial charge on any atom is 0.338 e. The number of esters is 1. The van der Waals surface area contributed by atoms with E-state index in [9.17, 15) is 18.0 Å². The molecule has 0 spiro atoms. The van der Waals surface area contributed by atoms with Crippen molar-refractivity contribution in [1.29, 1.82) is 0 Å². The highest BCUT2D eigenvalue weighted by Crippen LogP contribution is 2.23. The molecule has 2 aliphatic rings. The molecule has 3 rings (SSSR count). The van der Waals surface area contributed by atoms with Gasteiger partial charge in [-0.05, 0) is 57.4 Å². The first-order chi connectivity index (χ1) is 13.8. The number of carbonyl (C=O) groups excluding carboxylic acids is 2. The van der Waals surface area contributed by atoms with Crippen LogP contribution in [0.15, 0.2) is 29.2 Å². The van der Waals surface area contributed by atoms with Gasteiger partial charge in [-0.3, -0.25) is 4.79 Å². The summed E-state index contributed by atoms with van der Waals surface area (Å²) in [6.07, 6.45) is 2.98. The van der Waals surface area contributed by atoms with Crippen molar-refractivity contribution in [3.05, 3.63) is 29.8 Å². The standard InChI is InChI=1S/C20H28N2O6S/c1-15-4-3-5-16(2)22(15)19(23)14-28-20(24)17-6-8-18(9-7-17)29(25,26)21-10-12-27-13-11-21/h6-9,15-16H,3-5,10-14H2,1-2H3/t15-,16-/m1/s1. The molecule has 0 aromatic heterocycles. The summed E-state index contributed by atoms with van der Waals surface area (Å²) in [5, 5.41) is 0. The summed E-state index contributed by atoms with van der Waals surface area (Å²) in [5.41, 5.74) is 0.207. The predicted octanol–water partition coefficient (Wildman–Crippen LogP) is 1.65. The average Bonchev–Trinajstić information content (AvgIpc) is 2.72. The topological polar surface area (TPSA) is 93.2 Å². The molecule has 2 aliphatic heterocycles. The number of hydrogen-bond donors (Lipinski definition) is 0. The van der Waals surface area contributed by atoms with E-state index in [0.717, 1.165) is 19.3 Å². The largest absolute Gasteiger partial charge is 0.452 e. The minimum atomic E-state index is -3.62. The van der Waals surface area contributed by atoms with E-state index < -0.39 is 16.0 Å². The van der Waals surface area contributed by atoms with Gasteiger partial charge in [0.05, 0.1) is 23.7 Å². The monoisotopic (exact) mass is 424 g/mol. The number of benzene rings is 1. The van der Waals surface area contributed by atoms with Gasteiger partial charge in [-0.25, -0.2) is 13.2 Å². The lowest BCUT2D eigenvalue weighted by Gasteiger charge is -2.38. The molecule has 2 saturated heterocycles. The van der Waals surface area contributed by atoms with E-state index in [2.05, 4.69) is 0 Å². The van der Waals surface area contributed by atoms with Gasteiger partial charge in [0.1, 0.15) is 0 Å². The van der Waals surface area contributed by atoms with Crippen LogP contribution >= 0.6 is 0 Å². The van der Waals surface area contributed by atoms with Gasteiger partial charge in [0, 0.05) is 25.2 Å². The molecular weight excluding hydrogens is 396 g/mol. The summed E-state index contributed by atoms with van der Waals surface area (Å²) in [4.78, 5) is 26.7. The Kier molecular flexibility index (Phi) is 6.92. The maximum atomic E-state index is 12.6. The minimum absolute atomic E-state index is 0.114. The summed E-state index contributed by atoms with van der Waals surface area (Å²) in [5.74, 6) is -0.851. The van der Waals surface area contributed by atoms with Crippen LogP contribution in [0.1, 0.15) is 43.5 Å². The summed E-state index contributed by atoms with van der Waals surface area (Å²) in [6.45, 7) is 5.04. The van der Waals surface area contributed by atoms with Crippen LogP contribution in [-0.4, -0.2) is 74.5 Å². The molecule has 0 unspecified atom stereocenters. The van der Waals surface area contributed by atoms with Crippen molar-refractivity contribution in [3.63, 3.8) is 0 Å². The number of likely N-dealkylation sites (tertiary alicyclic amines) is 1. The molecule has 0 aliphatic carbocycles. The molecule has 0 bridgehead atoms. The smallest absolute Gasteiger partial charge is 0.338 e. The molecular formula is C20H28N2O6S. The number of carbonyl (C=O) groups is 2. The molecule has 1 aromatic rings. The maximum absolute atomic E-state index is 12.6. The quantitative estimate of drug-likeness (QED) is 0.668. The second-order valence-corrected chi connectivity index (χ2v) is 9.48. The minimum Gasteiger partial charge on any atom is -0.452 e. The Balaban J connectivity index is 1.59. The summed E-state index contributed by atoms with van der Waals surface area (Å²) in [7, 11) is -3.62. The van der Waals surface area contributed by atoms with Crippen LogP contribution in [0, 0.1) is 0 Å². The Morgan fingerprint density at radius 2 is 1.66 bits per heavy atom. The van der Waals surface area contributed by atoms with Gasteiger partial charge in [-0.2, -0.15) is 4.31 Å². The third-order valence-corrected chi connectivity index (χ3v) is 7.42. The fourth-order valence-corrected chi connectivity index (χ4v) is 5.31. The zero-order valence-corrected chi connectivity index (χ0v) is 17.7. The molecule has 1 amide bonds. The van der Waals surface area contributed by atoms with Crippen LogP contribution < -0.4 is 0 Å². The zero-order valence-electron chi connectivity index (χ0n) is 16.9. The Morgan fingerprint density at radius 3 is 2.24 bits per heavy atom. The second-order valence-electron chi connectivity index (χ2n) is 7.55. The highest BCUT2D eigenvalue weighted by Gasteiger charge is 2.30. The Morgan fingerprint density at radius 1 is 1.07 bits per heavy atom. The molecule has 160 valence electrons. The molecule has 29 heavy (non-hydrogen) atoms. The van der Waals surface area contributed by atoms with Crippen LogP contribution in [-0.2, 0) is 24.3 Å². The summed E-state index contributed by atoms with van der Waals surface area (Å²) >= 11 is 0. The van der Waals surface area contributed by atoms with E-state index in [4.69, 9.17) is 9.47 Å². The van der Waals surface area contributed by atoms with E-state index in [0.29, 0.717) is 26.3 Å². The fraction of sp³-hybridized carbons (Fsp3) is 0.600. The molecule has 0 saturated carbocycles. The first-order valence-electron chi connectivity index (χ1n) is 9.97. The van der Waals surface area contributed by atoms with E-state index in [-0.39, 0.29) is 35.1 Å². The fourth-order valence-electron chi connectivity index (χ4n) is 3.90. The number of rotatable bonds is 5. The third kappa shape index (κ3) is 4.96. The van der Waals surface area contributed by atoms with Gasteiger partial charge in [0.2, 0.25) is 10.0 Å². The highest BCUT2D eigenvalue weighted by molar-refractivity contribution is 7.89. The van der Waals surface area contributed by atoms with Crippen molar-refractivity contribution in [1.82, 2.24) is 9.21 Å². The highest BCUT2D eigenvalue weighted by atomic mass is 32.2. The molecule has 0 N–H and O–H groups in total. The van der Waals surface area contributed by atoms with Crippen LogP contribution in [0.4, 0.5) is 0 Å². The number of morpholine rings is 1. The summed E-state index contributed by atoms with van der Waals surface area (Å²) < 4.78 is 37.0. The third-order valence-electron chi connectivity index (χ3n) is 5.51. The number of nitrogens with zero attached hydrogens (tertiary/aromatic N) is 2. The first-order valence-corrected chi connectivity index (χ1v) is 11.4.